The SMILES string of the molecule is CCCCCN(Cc1ccc(Cl)cc1)[C@H](C(=O)O)C(C)C. The standard InChI is InChI=1S/C17H26ClNO2/c1-4-5-6-11-19(16(13(2)3)17(20)21)12-14-7-9-15(18)10-8-14/h7-10,13,16H,4-6,11-12H2,1-3H3,(H,20,21)/t16-/m0/s1. The van der Waals surface area contributed by atoms with Crippen molar-refractivity contribution in [3.05, 3.63) is 34.9 Å². The highest BCUT2D eigenvalue weighted by molar-refractivity contribution is 6.30. The summed E-state index contributed by atoms with van der Waals surface area (Å²) in [4.78, 5) is 13.7. The number of carboxylic acid groups (broad SMARTS) is 1. The van der Waals surface area contributed by atoms with E-state index in [2.05, 4.69) is 11.8 Å². The molecule has 0 saturated carbocycles. The van der Waals surface area contributed by atoms with E-state index in [9.17, 15) is 9.90 Å². The second kappa shape index (κ2) is 9.06. The fraction of sp³-hybridized carbons (Fsp3) is 0.588. The first kappa shape index (κ1) is 18.0. The van der Waals surface area contributed by atoms with Gasteiger partial charge < -0.3 is 5.11 Å². The average molecular weight is 312 g/mol. The molecular weight excluding hydrogens is 286 g/mol. The lowest BCUT2D eigenvalue weighted by molar-refractivity contribution is -0.145. The Morgan fingerprint density at radius 3 is 2.33 bits per heavy atom. The molecule has 21 heavy (non-hydrogen) atoms. The van der Waals surface area contributed by atoms with Crippen LogP contribution in [0.2, 0.25) is 5.02 Å². The Morgan fingerprint density at radius 1 is 1.24 bits per heavy atom. The highest BCUT2D eigenvalue weighted by Gasteiger charge is 2.28. The van der Waals surface area contributed by atoms with Gasteiger partial charge in [0, 0.05) is 11.6 Å². The predicted molar refractivity (Wildman–Crippen MR) is 87.6 cm³/mol. The van der Waals surface area contributed by atoms with Crippen LogP contribution in [0.4, 0.5) is 0 Å². The normalized spacial score (nSPS) is 12.9. The van der Waals surface area contributed by atoms with E-state index in [-0.39, 0.29) is 5.92 Å². The monoisotopic (exact) mass is 311 g/mol. The van der Waals surface area contributed by atoms with Gasteiger partial charge in [-0.05, 0) is 36.6 Å². The molecule has 0 radical (unpaired) electrons. The topological polar surface area (TPSA) is 40.5 Å². The van der Waals surface area contributed by atoms with Gasteiger partial charge in [0.25, 0.3) is 0 Å². The zero-order valence-electron chi connectivity index (χ0n) is 13.2. The van der Waals surface area contributed by atoms with E-state index in [1.165, 1.54) is 0 Å². The Balaban J connectivity index is 2.84. The summed E-state index contributed by atoms with van der Waals surface area (Å²) in [7, 11) is 0. The Kier molecular flexibility index (Phi) is 7.76. The van der Waals surface area contributed by atoms with E-state index in [4.69, 9.17) is 11.6 Å². The molecule has 0 heterocycles. The summed E-state index contributed by atoms with van der Waals surface area (Å²) in [5, 5.41) is 10.2. The number of benzene rings is 1. The van der Waals surface area contributed by atoms with Crippen LogP contribution in [0.3, 0.4) is 0 Å². The van der Waals surface area contributed by atoms with E-state index in [1.54, 1.807) is 0 Å². The zero-order valence-corrected chi connectivity index (χ0v) is 13.9. The van der Waals surface area contributed by atoms with Crippen molar-refractivity contribution in [2.45, 2.75) is 52.6 Å². The molecule has 0 aromatic heterocycles. The van der Waals surface area contributed by atoms with Gasteiger partial charge in [-0.2, -0.15) is 0 Å². The summed E-state index contributed by atoms with van der Waals surface area (Å²) in [5.74, 6) is -0.660. The molecule has 3 nitrogen and oxygen atoms in total. The van der Waals surface area contributed by atoms with Gasteiger partial charge in [0.05, 0.1) is 0 Å². The van der Waals surface area contributed by atoms with Crippen molar-refractivity contribution < 1.29 is 9.90 Å². The van der Waals surface area contributed by atoms with E-state index in [0.717, 1.165) is 31.4 Å². The minimum atomic E-state index is -0.740. The van der Waals surface area contributed by atoms with Crippen LogP contribution in [0.25, 0.3) is 0 Å². The van der Waals surface area contributed by atoms with E-state index < -0.39 is 12.0 Å². The van der Waals surface area contributed by atoms with Crippen LogP contribution in [0.15, 0.2) is 24.3 Å². The molecule has 0 aliphatic heterocycles. The molecule has 0 unspecified atom stereocenters. The van der Waals surface area contributed by atoms with Crippen molar-refractivity contribution in [3.63, 3.8) is 0 Å². The maximum Gasteiger partial charge on any atom is 0.321 e. The van der Waals surface area contributed by atoms with Crippen molar-refractivity contribution in [1.82, 2.24) is 4.90 Å². The number of rotatable bonds is 9. The summed E-state index contributed by atoms with van der Waals surface area (Å²) in [6.45, 7) is 7.54. The van der Waals surface area contributed by atoms with Crippen LogP contribution < -0.4 is 0 Å². The lowest BCUT2D eigenvalue weighted by atomic mass is 10.0. The summed E-state index contributed by atoms with van der Waals surface area (Å²) in [6.07, 6.45) is 3.29. The lowest BCUT2D eigenvalue weighted by Gasteiger charge is -2.31. The third-order valence-corrected chi connectivity index (χ3v) is 3.88. The number of unbranched alkanes of at least 4 members (excludes halogenated alkanes) is 2. The molecule has 0 aliphatic carbocycles. The molecule has 1 aromatic carbocycles. The molecule has 4 heteroatoms. The second-order valence-electron chi connectivity index (χ2n) is 5.83. The van der Waals surface area contributed by atoms with Gasteiger partial charge in [0.15, 0.2) is 0 Å². The first-order valence-corrected chi connectivity index (χ1v) is 8.04. The van der Waals surface area contributed by atoms with Crippen molar-refractivity contribution in [2.75, 3.05) is 6.54 Å². The molecule has 1 atom stereocenters. The van der Waals surface area contributed by atoms with Gasteiger partial charge >= 0.3 is 5.97 Å². The van der Waals surface area contributed by atoms with Crippen LogP contribution in [-0.4, -0.2) is 28.6 Å². The summed E-state index contributed by atoms with van der Waals surface area (Å²) in [5.41, 5.74) is 1.10. The fourth-order valence-electron chi connectivity index (χ4n) is 2.57. The van der Waals surface area contributed by atoms with E-state index in [0.29, 0.717) is 11.6 Å². The smallest absolute Gasteiger partial charge is 0.321 e. The number of nitrogens with zero attached hydrogens (tertiary/aromatic N) is 1. The molecule has 0 aliphatic rings. The molecule has 1 rings (SSSR count). The van der Waals surface area contributed by atoms with Crippen molar-refractivity contribution in [3.8, 4) is 0 Å². The highest BCUT2D eigenvalue weighted by Crippen LogP contribution is 2.18. The molecule has 0 fully saturated rings. The van der Waals surface area contributed by atoms with Gasteiger partial charge in [-0.3, -0.25) is 9.69 Å². The molecule has 1 aromatic rings. The number of hydrogen-bond acceptors (Lipinski definition) is 2. The van der Waals surface area contributed by atoms with Crippen LogP contribution in [0.5, 0.6) is 0 Å². The Hall–Kier alpha value is -1.06. The van der Waals surface area contributed by atoms with Gasteiger partial charge in [-0.25, -0.2) is 0 Å². The first-order valence-electron chi connectivity index (χ1n) is 7.67. The quantitative estimate of drug-likeness (QED) is 0.685. The average Bonchev–Trinajstić information content (AvgIpc) is 2.40. The van der Waals surface area contributed by atoms with Gasteiger partial charge in [-0.1, -0.05) is 57.3 Å². The molecular formula is C17H26ClNO2. The Morgan fingerprint density at radius 2 is 1.86 bits per heavy atom. The maximum atomic E-state index is 11.6. The van der Waals surface area contributed by atoms with Gasteiger partial charge in [0.1, 0.15) is 6.04 Å². The zero-order chi connectivity index (χ0) is 15.8. The minimum Gasteiger partial charge on any atom is -0.480 e. The molecule has 0 amide bonds. The number of halogens is 1. The number of hydrogen-bond donors (Lipinski definition) is 1. The summed E-state index contributed by atoms with van der Waals surface area (Å²) >= 11 is 5.91. The molecule has 0 bridgehead atoms. The summed E-state index contributed by atoms with van der Waals surface area (Å²) < 4.78 is 0. The van der Waals surface area contributed by atoms with Gasteiger partial charge in [0.2, 0.25) is 0 Å². The molecule has 0 spiro atoms. The Labute approximate surface area is 132 Å². The third kappa shape index (κ3) is 6.06. The largest absolute Gasteiger partial charge is 0.480 e. The van der Waals surface area contributed by atoms with Gasteiger partial charge in [-0.15, -0.1) is 0 Å². The number of carbonyl (C=O) groups is 1. The first-order chi connectivity index (χ1) is 9.95. The lowest BCUT2D eigenvalue weighted by Crippen LogP contribution is -2.44. The molecule has 118 valence electrons. The van der Waals surface area contributed by atoms with Crippen molar-refractivity contribution in [1.29, 1.82) is 0 Å². The van der Waals surface area contributed by atoms with E-state index >= 15 is 0 Å². The fourth-order valence-corrected chi connectivity index (χ4v) is 2.69. The minimum absolute atomic E-state index is 0.0800. The van der Waals surface area contributed by atoms with Crippen LogP contribution in [0.1, 0.15) is 45.6 Å². The van der Waals surface area contributed by atoms with Crippen LogP contribution in [0, 0.1) is 5.92 Å². The highest BCUT2D eigenvalue weighted by atomic mass is 35.5. The van der Waals surface area contributed by atoms with Crippen molar-refractivity contribution in [2.24, 2.45) is 5.92 Å². The molecule has 0 saturated heterocycles. The number of aliphatic carboxylic acids is 1. The van der Waals surface area contributed by atoms with E-state index in [1.807, 2.05) is 38.1 Å². The van der Waals surface area contributed by atoms with Crippen LogP contribution in [-0.2, 0) is 11.3 Å². The molecule has 1 N–H and O–H groups in total. The van der Waals surface area contributed by atoms with Crippen molar-refractivity contribution >= 4 is 17.6 Å². The predicted octanol–water partition coefficient (Wildman–Crippen LogP) is 4.44. The number of carboxylic acids is 1. The van der Waals surface area contributed by atoms with Crippen LogP contribution >= 0.6 is 11.6 Å². The Bertz CT molecular complexity index is 431. The summed E-state index contributed by atoms with van der Waals surface area (Å²) in [6, 6.07) is 7.19. The maximum absolute atomic E-state index is 11.6. The third-order valence-electron chi connectivity index (χ3n) is 3.63. The second-order valence-corrected chi connectivity index (χ2v) is 6.27.